The van der Waals surface area contributed by atoms with Crippen LogP contribution in [0.2, 0.25) is 0 Å². The van der Waals surface area contributed by atoms with E-state index < -0.39 is 20.8 Å². The number of ketones is 2. The number of fused-ring (bicyclic) bond motifs is 2. The van der Waals surface area contributed by atoms with Gasteiger partial charge in [0.15, 0.2) is 11.6 Å². The van der Waals surface area contributed by atoms with Crippen LogP contribution >= 0.6 is 0 Å². The van der Waals surface area contributed by atoms with Crippen LogP contribution in [0.15, 0.2) is 41.3 Å². The number of benzene rings is 2. The van der Waals surface area contributed by atoms with E-state index in [1.54, 1.807) is 25.1 Å². The first kappa shape index (κ1) is 13.7. The molecule has 0 radical (unpaired) electrons. The fraction of sp³-hybridized carbons (Fsp3) is 0.0667. The van der Waals surface area contributed by atoms with Gasteiger partial charge in [-0.1, -0.05) is 17.7 Å². The van der Waals surface area contributed by atoms with Gasteiger partial charge in [0, 0.05) is 22.3 Å². The molecule has 2 aromatic carbocycles. The summed E-state index contributed by atoms with van der Waals surface area (Å²) >= 11 is 0. The molecule has 0 atom stereocenters. The van der Waals surface area contributed by atoms with Crippen LogP contribution in [0, 0.1) is 6.92 Å². The van der Waals surface area contributed by atoms with E-state index >= 15 is 0 Å². The van der Waals surface area contributed by atoms with Crippen molar-refractivity contribution in [3.63, 3.8) is 0 Å². The predicted octanol–water partition coefficient (Wildman–Crippen LogP) is 2.02. The smallest absolute Gasteiger partial charge is 0.289 e. The van der Waals surface area contributed by atoms with E-state index in [0.29, 0.717) is 5.56 Å². The van der Waals surface area contributed by atoms with Gasteiger partial charge in [0.2, 0.25) is 0 Å². The van der Waals surface area contributed by atoms with Gasteiger partial charge in [-0.05, 0) is 31.2 Å². The third-order valence-electron chi connectivity index (χ3n) is 3.44. The van der Waals surface area contributed by atoms with Gasteiger partial charge >= 0.3 is 0 Å². The normalized spacial score (nSPS) is 13.8. The molecule has 2 aromatic rings. The average molecular weight is 302 g/mol. The van der Waals surface area contributed by atoms with Crippen LogP contribution in [-0.2, 0) is 10.1 Å². The topological polar surface area (TPSA) is 88.5 Å². The minimum Gasteiger partial charge on any atom is -0.289 e. The molecule has 0 saturated carbocycles. The van der Waals surface area contributed by atoms with Crippen LogP contribution in [0.3, 0.4) is 0 Å². The molecular formula is C15H10O5S. The van der Waals surface area contributed by atoms with Crippen LogP contribution < -0.4 is 0 Å². The lowest BCUT2D eigenvalue weighted by molar-refractivity contribution is 0.0979. The average Bonchev–Trinajstić information content (AvgIpc) is 2.43. The van der Waals surface area contributed by atoms with Crippen molar-refractivity contribution in [1.29, 1.82) is 0 Å². The summed E-state index contributed by atoms with van der Waals surface area (Å²) in [6.45, 7) is 1.79. The lowest BCUT2D eigenvalue weighted by atomic mass is 9.83. The highest BCUT2D eigenvalue weighted by Crippen LogP contribution is 2.29. The minimum absolute atomic E-state index is 0.00627. The van der Waals surface area contributed by atoms with Crippen molar-refractivity contribution < 1.29 is 22.6 Å². The third kappa shape index (κ3) is 2.09. The van der Waals surface area contributed by atoms with Crippen LogP contribution in [0.4, 0.5) is 0 Å². The number of rotatable bonds is 1. The summed E-state index contributed by atoms with van der Waals surface area (Å²) in [6, 6.07) is 8.32. The molecule has 0 saturated heterocycles. The maximum atomic E-state index is 12.5. The molecule has 0 unspecified atom stereocenters. The summed E-state index contributed by atoms with van der Waals surface area (Å²) in [7, 11) is -4.43. The summed E-state index contributed by atoms with van der Waals surface area (Å²) in [6.07, 6.45) is 0. The standard InChI is InChI=1S/C15H10O5S/c1-8-2-4-10-12(6-8)15(17)13-7-9(21(18,19)20)3-5-11(13)14(10)16/h2-7H,1H3,(H,18,19,20). The van der Waals surface area contributed by atoms with Crippen LogP contribution in [0.5, 0.6) is 0 Å². The van der Waals surface area contributed by atoms with Crippen molar-refractivity contribution in [3.8, 4) is 0 Å². The SMILES string of the molecule is Cc1ccc2c(c1)C(=O)c1cc(S(=O)(=O)O)ccc1C2=O. The third-order valence-corrected chi connectivity index (χ3v) is 4.29. The highest BCUT2D eigenvalue weighted by molar-refractivity contribution is 7.85. The Labute approximate surface area is 121 Å². The van der Waals surface area contributed by atoms with E-state index in [1.807, 2.05) is 0 Å². The molecule has 6 heteroatoms. The van der Waals surface area contributed by atoms with Gasteiger partial charge in [0.1, 0.15) is 0 Å². The van der Waals surface area contributed by atoms with Gasteiger partial charge < -0.3 is 0 Å². The second-order valence-corrected chi connectivity index (χ2v) is 6.31. The Balaban J connectivity index is 2.29. The van der Waals surface area contributed by atoms with Gasteiger partial charge in [0.25, 0.3) is 10.1 Å². The molecule has 0 spiro atoms. The Hall–Kier alpha value is -2.31. The second-order valence-electron chi connectivity index (χ2n) is 4.89. The molecule has 106 valence electrons. The zero-order valence-electron chi connectivity index (χ0n) is 11.0. The van der Waals surface area contributed by atoms with Crippen molar-refractivity contribution in [1.82, 2.24) is 0 Å². The molecule has 0 amide bonds. The van der Waals surface area contributed by atoms with E-state index in [0.717, 1.165) is 17.7 Å². The van der Waals surface area contributed by atoms with Gasteiger partial charge in [-0.25, -0.2) is 0 Å². The van der Waals surface area contributed by atoms with Crippen LogP contribution in [-0.4, -0.2) is 24.5 Å². The molecule has 3 rings (SSSR count). The van der Waals surface area contributed by atoms with Crippen LogP contribution in [0.1, 0.15) is 37.4 Å². The summed E-state index contributed by atoms with van der Waals surface area (Å²) in [5.41, 5.74) is 1.51. The number of hydrogen-bond acceptors (Lipinski definition) is 4. The first-order valence-electron chi connectivity index (χ1n) is 6.10. The predicted molar refractivity (Wildman–Crippen MR) is 74.3 cm³/mol. The Kier molecular flexibility index (Phi) is 2.82. The van der Waals surface area contributed by atoms with Gasteiger partial charge in [0.05, 0.1) is 4.90 Å². The summed E-state index contributed by atoms with van der Waals surface area (Å²) < 4.78 is 31.4. The molecule has 0 fully saturated rings. The van der Waals surface area contributed by atoms with Crippen molar-refractivity contribution in [2.75, 3.05) is 0 Å². The molecular weight excluding hydrogens is 292 g/mol. The molecule has 0 bridgehead atoms. The maximum absolute atomic E-state index is 12.5. The van der Waals surface area contributed by atoms with E-state index in [4.69, 9.17) is 4.55 Å². The Morgan fingerprint density at radius 3 is 1.95 bits per heavy atom. The van der Waals surface area contributed by atoms with Gasteiger partial charge in [-0.2, -0.15) is 8.42 Å². The molecule has 5 nitrogen and oxygen atoms in total. The van der Waals surface area contributed by atoms with Gasteiger partial charge in [-0.3, -0.25) is 14.1 Å². The molecule has 0 aliphatic heterocycles. The fourth-order valence-electron chi connectivity index (χ4n) is 2.40. The van der Waals surface area contributed by atoms with E-state index in [2.05, 4.69) is 0 Å². The van der Waals surface area contributed by atoms with E-state index in [9.17, 15) is 18.0 Å². The second kappa shape index (κ2) is 4.34. The van der Waals surface area contributed by atoms with E-state index in [1.165, 1.54) is 6.07 Å². The Morgan fingerprint density at radius 2 is 1.33 bits per heavy atom. The van der Waals surface area contributed by atoms with Gasteiger partial charge in [-0.15, -0.1) is 0 Å². The first-order chi connectivity index (χ1) is 9.79. The summed E-state index contributed by atoms with van der Waals surface area (Å²) in [4.78, 5) is 24.4. The summed E-state index contributed by atoms with van der Waals surface area (Å²) in [5, 5.41) is 0. The number of aryl methyl sites for hydroxylation is 1. The summed E-state index contributed by atoms with van der Waals surface area (Å²) in [5.74, 6) is -0.754. The highest BCUT2D eigenvalue weighted by atomic mass is 32.2. The molecule has 0 heterocycles. The molecule has 1 aliphatic carbocycles. The molecule has 1 N–H and O–H groups in total. The molecule has 1 aliphatic rings. The van der Waals surface area contributed by atoms with Crippen molar-refractivity contribution in [3.05, 3.63) is 64.2 Å². The van der Waals surface area contributed by atoms with Crippen LogP contribution in [0.25, 0.3) is 0 Å². The minimum atomic E-state index is -4.43. The number of carbonyl (C=O) groups is 2. The van der Waals surface area contributed by atoms with Crippen molar-refractivity contribution >= 4 is 21.7 Å². The zero-order chi connectivity index (χ0) is 15.4. The molecule has 0 aromatic heterocycles. The largest absolute Gasteiger partial charge is 0.294 e. The van der Waals surface area contributed by atoms with Crippen molar-refractivity contribution in [2.24, 2.45) is 0 Å². The Bertz CT molecular complexity index is 910. The fourth-order valence-corrected chi connectivity index (χ4v) is 2.91. The lowest BCUT2D eigenvalue weighted by Crippen LogP contribution is -2.21. The lowest BCUT2D eigenvalue weighted by Gasteiger charge is -2.18. The monoisotopic (exact) mass is 302 g/mol. The number of hydrogen-bond donors (Lipinski definition) is 1. The number of carbonyl (C=O) groups excluding carboxylic acids is 2. The van der Waals surface area contributed by atoms with Crippen molar-refractivity contribution in [2.45, 2.75) is 11.8 Å². The maximum Gasteiger partial charge on any atom is 0.294 e. The first-order valence-corrected chi connectivity index (χ1v) is 7.54. The zero-order valence-corrected chi connectivity index (χ0v) is 11.8. The quantitative estimate of drug-likeness (QED) is 0.695. The Morgan fingerprint density at radius 1 is 0.810 bits per heavy atom. The van der Waals surface area contributed by atoms with E-state index in [-0.39, 0.29) is 22.5 Å². The molecule has 21 heavy (non-hydrogen) atoms. The highest BCUT2D eigenvalue weighted by Gasteiger charge is 2.30.